The number of rotatable bonds is 20. The minimum atomic E-state index is -1.52. The summed E-state index contributed by atoms with van der Waals surface area (Å²) < 4.78 is 6.51. The lowest BCUT2D eigenvalue weighted by Gasteiger charge is -2.30. The maximum Gasteiger partial charge on any atom is 0.332 e. The number of carbonyl (C=O) groups excluding carboxylic acids is 1. The summed E-state index contributed by atoms with van der Waals surface area (Å²) in [6, 6.07) is 16.1. The number of para-hydroxylation sites is 1. The van der Waals surface area contributed by atoms with E-state index >= 15 is 0 Å². The zero-order valence-electron chi connectivity index (χ0n) is 22.4. The maximum absolute atomic E-state index is 13.3. The first-order valence-electron chi connectivity index (χ1n) is 13.8. The van der Waals surface area contributed by atoms with Crippen LogP contribution in [0.3, 0.4) is 0 Å². The molecule has 0 fully saturated rings. The van der Waals surface area contributed by atoms with Crippen molar-refractivity contribution in [1.29, 1.82) is 0 Å². The molecule has 3 atom stereocenters. The Morgan fingerprint density at radius 1 is 0.789 bits per heavy atom. The van der Waals surface area contributed by atoms with Crippen molar-refractivity contribution in [2.24, 2.45) is 5.92 Å². The average Bonchev–Trinajstić information content (AvgIpc) is 2.91. The van der Waals surface area contributed by atoms with Crippen LogP contribution in [-0.4, -0.2) is 45.2 Å². The number of carboxylic acids is 2. The zero-order chi connectivity index (χ0) is 27.8. The van der Waals surface area contributed by atoms with Gasteiger partial charge in [0.15, 0.2) is 11.9 Å². The Morgan fingerprint density at radius 3 is 2.11 bits per heavy atom. The van der Waals surface area contributed by atoms with E-state index in [9.17, 15) is 24.6 Å². The quantitative estimate of drug-likeness (QED) is 0.133. The molecule has 208 valence electrons. The molecule has 0 aliphatic carbocycles. The highest BCUT2D eigenvalue weighted by atomic mass is 16.5. The Hall–Kier alpha value is -3.19. The normalized spacial score (nSPS) is 13.4. The first-order valence-corrected chi connectivity index (χ1v) is 13.8. The molecule has 0 amide bonds. The van der Waals surface area contributed by atoms with Gasteiger partial charge in [-0.2, -0.15) is 0 Å². The number of ketones is 1. The van der Waals surface area contributed by atoms with Crippen LogP contribution in [0.15, 0.2) is 54.6 Å². The molecule has 0 bridgehead atoms. The van der Waals surface area contributed by atoms with Crippen molar-refractivity contribution >= 4 is 17.7 Å². The van der Waals surface area contributed by atoms with Gasteiger partial charge in [0.25, 0.3) is 0 Å². The number of carboxylic acid groups (broad SMARTS) is 2. The summed E-state index contributed by atoms with van der Waals surface area (Å²) in [6.07, 6.45) is 6.68. The van der Waals surface area contributed by atoms with E-state index in [1.54, 1.807) is 30.3 Å². The van der Waals surface area contributed by atoms with Gasteiger partial charge in [-0.15, -0.1) is 0 Å². The third-order valence-electron chi connectivity index (χ3n) is 6.84. The number of aliphatic carboxylic acids is 2. The predicted octanol–water partition coefficient (Wildman–Crippen LogP) is 6.51. The number of unbranched alkanes of at least 4 members (excludes halogenated alkanes) is 6. The zero-order valence-corrected chi connectivity index (χ0v) is 22.4. The van der Waals surface area contributed by atoms with E-state index in [2.05, 4.69) is 6.92 Å². The van der Waals surface area contributed by atoms with Gasteiger partial charge in [-0.05, 0) is 50.2 Å². The SMILES string of the molecule is CCCCCCCC(Oc1ccccc1C(=O)c1ccccc1)C(CCCCCC(=O)O)CC(O)C(=O)O. The van der Waals surface area contributed by atoms with Gasteiger partial charge >= 0.3 is 11.9 Å². The monoisotopic (exact) mass is 526 g/mol. The Kier molecular flexibility index (Phi) is 14.2. The van der Waals surface area contributed by atoms with E-state index < -0.39 is 24.1 Å². The van der Waals surface area contributed by atoms with Crippen molar-refractivity contribution in [2.75, 3.05) is 0 Å². The number of hydrogen-bond donors (Lipinski definition) is 3. The molecule has 0 radical (unpaired) electrons. The van der Waals surface area contributed by atoms with Crippen LogP contribution in [0.1, 0.15) is 99.9 Å². The molecule has 7 nitrogen and oxygen atoms in total. The van der Waals surface area contributed by atoms with Crippen molar-refractivity contribution in [3.8, 4) is 5.75 Å². The summed E-state index contributed by atoms with van der Waals surface area (Å²) in [7, 11) is 0. The fourth-order valence-electron chi connectivity index (χ4n) is 4.71. The second kappa shape index (κ2) is 17.3. The minimum absolute atomic E-state index is 0.0304. The highest BCUT2D eigenvalue weighted by molar-refractivity contribution is 6.10. The predicted molar refractivity (Wildman–Crippen MR) is 147 cm³/mol. The van der Waals surface area contributed by atoms with E-state index in [4.69, 9.17) is 9.84 Å². The molecule has 0 aliphatic heterocycles. The number of aliphatic hydroxyl groups is 1. The smallest absolute Gasteiger partial charge is 0.332 e. The van der Waals surface area contributed by atoms with Crippen molar-refractivity contribution in [3.63, 3.8) is 0 Å². The molecule has 3 unspecified atom stereocenters. The van der Waals surface area contributed by atoms with Crippen molar-refractivity contribution in [3.05, 3.63) is 65.7 Å². The van der Waals surface area contributed by atoms with Crippen LogP contribution in [0.2, 0.25) is 0 Å². The van der Waals surface area contributed by atoms with Gasteiger partial charge in [-0.3, -0.25) is 9.59 Å². The van der Waals surface area contributed by atoms with Crippen LogP contribution >= 0.6 is 0 Å². The summed E-state index contributed by atoms with van der Waals surface area (Å²) in [5.74, 6) is -2.09. The van der Waals surface area contributed by atoms with Gasteiger partial charge in [0.2, 0.25) is 0 Å². The van der Waals surface area contributed by atoms with Crippen LogP contribution in [-0.2, 0) is 9.59 Å². The summed E-state index contributed by atoms with van der Waals surface area (Å²) in [5, 5.41) is 28.5. The van der Waals surface area contributed by atoms with E-state index in [1.165, 1.54) is 0 Å². The molecule has 0 saturated carbocycles. The number of carbonyl (C=O) groups is 3. The molecule has 2 rings (SSSR count). The van der Waals surface area contributed by atoms with Crippen LogP contribution in [0.25, 0.3) is 0 Å². The third-order valence-corrected chi connectivity index (χ3v) is 6.84. The molecule has 2 aromatic rings. The van der Waals surface area contributed by atoms with E-state index in [1.807, 2.05) is 24.3 Å². The lowest BCUT2D eigenvalue weighted by molar-refractivity contribution is -0.148. The Labute approximate surface area is 225 Å². The van der Waals surface area contributed by atoms with Crippen LogP contribution in [0.5, 0.6) is 5.75 Å². The average molecular weight is 527 g/mol. The molecule has 0 heterocycles. The maximum atomic E-state index is 13.3. The summed E-state index contributed by atoms with van der Waals surface area (Å²) in [6.45, 7) is 2.15. The van der Waals surface area contributed by atoms with Gasteiger partial charge in [-0.1, -0.05) is 87.9 Å². The van der Waals surface area contributed by atoms with E-state index in [0.717, 1.165) is 32.1 Å². The first kappa shape index (κ1) is 31.0. The van der Waals surface area contributed by atoms with E-state index in [-0.39, 0.29) is 24.5 Å². The number of hydrogen-bond acceptors (Lipinski definition) is 5. The van der Waals surface area contributed by atoms with Crippen LogP contribution in [0, 0.1) is 5.92 Å². The summed E-state index contributed by atoms with van der Waals surface area (Å²) in [5.41, 5.74) is 0.990. The molecule has 7 heteroatoms. The van der Waals surface area contributed by atoms with Gasteiger partial charge in [0.1, 0.15) is 11.9 Å². The second-order valence-corrected chi connectivity index (χ2v) is 9.89. The minimum Gasteiger partial charge on any atom is -0.489 e. The molecule has 0 aromatic heterocycles. The lowest BCUT2D eigenvalue weighted by atomic mass is 9.86. The summed E-state index contributed by atoms with van der Waals surface area (Å²) >= 11 is 0. The Morgan fingerprint density at radius 2 is 1.42 bits per heavy atom. The van der Waals surface area contributed by atoms with Gasteiger partial charge in [0.05, 0.1) is 5.56 Å². The Balaban J connectivity index is 2.27. The highest BCUT2D eigenvalue weighted by Crippen LogP contribution is 2.31. The molecular weight excluding hydrogens is 484 g/mol. The molecular formula is C31H42O7. The molecule has 0 saturated heterocycles. The highest BCUT2D eigenvalue weighted by Gasteiger charge is 2.29. The second-order valence-electron chi connectivity index (χ2n) is 9.89. The Bertz CT molecular complexity index is 989. The summed E-state index contributed by atoms with van der Waals surface area (Å²) in [4.78, 5) is 35.6. The van der Waals surface area contributed by atoms with Crippen molar-refractivity contribution in [2.45, 2.75) is 96.2 Å². The van der Waals surface area contributed by atoms with Crippen molar-refractivity contribution < 1.29 is 34.4 Å². The standard InChI is InChI=1S/C31H42O7/c1-2-3-4-5-11-19-27(24(22-26(32)31(36)37)17-10-7-12-21-29(33)34)38-28-20-14-13-18-25(28)30(35)23-15-8-6-9-16-23/h6,8-9,13-16,18,20,24,26-27,32H,2-5,7,10-12,17,19,21-22H2,1H3,(H,33,34)(H,36,37). The largest absolute Gasteiger partial charge is 0.489 e. The van der Waals surface area contributed by atoms with Gasteiger partial charge in [0, 0.05) is 12.0 Å². The first-order chi connectivity index (χ1) is 18.3. The topological polar surface area (TPSA) is 121 Å². The molecule has 38 heavy (non-hydrogen) atoms. The number of ether oxygens (including phenoxy) is 1. The molecule has 0 spiro atoms. The van der Waals surface area contributed by atoms with Gasteiger partial charge in [-0.25, -0.2) is 4.79 Å². The fourth-order valence-corrected chi connectivity index (χ4v) is 4.71. The number of aliphatic hydroxyl groups excluding tert-OH is 1. The lowest BCUT2D eigenvalue weighted by Crippen LogP contribution is -2.33. The van der Waals surface area contributed by atoms with Gasteiger partial charge < -0.3 is 20.1 Å². The van der Waals surface area contributed by atoms with Crippen LogP contribution in [0.4, 0.5) is 0 Å². The molecule has 3 N–H and O–H groups in total. The van der Waals surface area contributed by atoms with Crippen molar-refractivity contribution in [1.82, 2.24) is 0 Å². The van der Waals surface area contributed by atoms with Crippen LogP contribution < -0.4 is 4.74 Å². The fraction of sp³-hybridized carbons (Fsp3) is 0.516. The number of benzene rings is 2. The molecule has 2 aromatic carbocycles. The van der Waals surface area contributed by atoms with E-state index in [0.29, 0.717) is 49.0 Å². The molecule has 0 aliphatic rings. The third kappa shape index (κ3) is 11.1.